The number of nitrogens with zero attached hydrogens (tertiary/aromatic N) is 1. The summed E-state index contributed by atoms with van der Waals surface area (Å²) in [5, 5.41) is 0.940. The first-order valence-electron chi connectivity index (χ1n) is 6.25. The number of H-pyrrole nitrogens is 2. The van der Waals surface area contributed by atoms with Crippen molar-refractivity contribution in [2.24, 2.45) is 5.73 Å². The molecular formula is C14H12N4O2S. The molecular weight excluding hydrogens is 288 g/mol. The molecule has 2 aromatic heterocycles. The fraction of sp³-hybridized carbons (Fsp3) is 0.0714. The molecule has 0 saturated carbocycles. The highest BCUT2D eigenvalue weighted by Gasteiger charge is 2.12. The van der Waals surface area contributed by atoms with Crippen molar-refractivity contribution >= 4 is 29.0 Å². The number of rotatable bonds is 3. The summed E-state index contributed by atoms with van der Waals surface area (Å²) in [7, 11) is 0. The number of nitrogens with one attached hydrogen (secondary N) is 2. The van der Waals surface area contributed by atoms with E-state index in [1.54, 1.807) is 0 Å². The van der Waals surface area contributed by atoms with Crippen LogP contribution in [0.25, 0.3) is 22.2 Å². The minimum Gasteiger partial charge on any atom is -0.368 e. The molecule has 0 saturated heterocycles. The van der Waals surface area contributed by atoms with Crippen LogP contribution in [0.1, 0.15) is 0 Å². The van der Waals surface area contributed by atoms with Gasteiger partial charge >= 0.3 is 0 Å². The average molecular weight is 300 g/mol. The second-order valence-corrected chi connectivity index (χ2v) is 5.01. The number of carbonyl (C=O) groups excluding carboxylic acids is 1. The highest BCUT2D eigenvalue weighted by Crippen LogP contribution is 2.27. The van der Waals surface area contributed by atoms with E-state index in [1.165, 1.54) is 10.6 Å². The third-order valence-electron chi connectivity index (χ3n) is 3.22. The van der Waals surface area contributed by atoms with Gasteiger partial charge in [-0.2, -0.15) is 0 Å². The van der Waals surface area contributed by atoms with Crippen LogP contribution in [0.3, 0.4) is 0 Å². The van der Waals surface area contributed by atoms with Crippen LogP contribution in [0.4, 0.5) is 0 Å². The number of carbonyl (C=O) groups is 1. The normalized spacial score (nSPS) is 10.9. The van der Waals surface area contributed by atoms with Crippen LogP contribution in [0.5, 0.6) is 0 Å². The summed E-state index contributed by atoms with van der Waals surface area (Å²) >= 11 is 5.14. The molecule has 0 atom stereocenters. The van der Waals surface area contributed by atoms with Crippen molar-refractivity contribution in [1.82, 2.24) is 14.5 Å². The lowest BCUT2D eigenvalue weighted by atomic mass is 10.1. The van der Waals surface area contributed by atoms with Crippen molar-refractivity contribution in [2.45, 2.75) is 6.54 Å². The summed E-state index contributed by atoms with van der Waals surface area (Å²) in [4.78, 5) is 28.6. The Kier molecular flexibility index (Phi) is 3.19. The van der Waals surface area contributed by atoms with Gasteiger partial charge in [-0.3, -0.25) is 14.6 Å². The second kappa shape index (κ2) is 5.02. The Balaban J connectivity index is 2.36. The maximum absolute atomic E-state index is 11.7. The number of amides is 1. The van der Waals surface area contributed by atoms with Crippen molar-refractivity contribution in [3.63, 3.8) is 0 Å². The molecule has 21 heavy (non-hydrogen) atoms. The number of hydrogen-bond donors (Lipinski definition) is 3. The second-order valence-electron chi connectivity index (χ2n) is 4.62. The van der Waals surface area contributed by atoms with Gasteiger partial charge in [0, 0.05) is 28.7 Å². The Morgan fingerprint density at radius 1 is 1.33 bits per heavy atom. The molecule has 3 aromatic rings. The zero-order valence-electron chi connectivity index (χ0n) is 10.9. The molecule has 6 nitrogen and oxygen atoms in total. The largest absolute Gasteiger partial charge is 0.368 e. The number of hydrogen-bond acceptors (Lipinski definition) is 3. The quantitative estimate of drug-likeness (QED) is 0.640. The molecule has 0 radical (unpaired) electrons. The van der Waals surface area contributed by atoms with Gasteiger partial charge in [-0.1, -0.05) is 12.1 Å². The highest BCUT2D eigenvalue weighted by atomic mass is 32.1. The molecule has 2 heterocycles. The van der Waals surface area contributed by atoms with Crippen molar-refractivity contribution in [3.05, 3.63) is 51.7 Å². The zero-order chi connectivity index (χ0) is 15.0. The van der Waals surface area contributed by atoms with Crippen molar-refractivity contribution < 1.29 is 4.79 Å². The molecule has 0 unspecified atom stereocenters. The Hall–Kier alpha value is -2.67. The fourth-order valence-electron chi connectivity index (χ4n) is 2.37. The van der Waals surface area contributed by atoms with E-state index in [2.05, 4.69) is 9.97 Å². The molecule has 0 aliphatic carbocycles. The van der Waals surface area contributed by atoms with E-state index < -0.39 is 5.91 Å². The standard InChI is InChI=1S/C14H12N4O2S/c15-12(19)7-18-11(6-13(20)17-14(18)21)9-2-1-3-10-8(9)4-5-16-10/h1-6,16H,7H2,(H2,15,19)(H,17,20,21). The lowest BCUT2D eigenvalue weighted by Crippen LogP contribution is -2.23. The number of benzene rings is 1. The Bertz CT molecular complexity index is 951. The van der Waals surface area contributed by atoms with Crippen molar-refractivity contribution in [3.8, 4) is 11.3 Å². The monoisotopic (exact) mass is 300 g/mol. The van der Waals surface area contributed by atoms with Crippen molar-refractivity contribution in [1.29, 1.82) is 0 Å². The molecule has 1 amide bonds. The first-order chi connectivity index (χ1) is 10.1. The molecule has 3 rings (SSSR count). The summed E-state index contributed by atoms with van der Waals surface area (Å²) in [5.41, 5.74) is 7.26. The van der Waals surface area contributed by atoms with Crippen molar-refractivity contribution in [2.75, 3.05) is 0 Å². The van der Waals surface area contributed by atoms with Crippen LogP contribution in [-0.4, -0.2) is 20.4 Å². The van der Waals surface area contributed by atoms with Gasteiger partial charge in [0.1, 0.15) is 6.54 Å². The molecule has 106 valence electrons. The van der Waals surface area contributed by atoms with Gasteiger partial charge in [-0.15, -0.1) is 0 Å². The van der Waals surface area contributed by atoms with Crippen LogP contribution in [0, 0.1) is 4.77 Å². The Morgan fingerprint density at radius 2 is 2.14 bits per heavy atom. The van der Waals surface area contributed by atoms with Crippen LogP contribution in [0.2, 0.25) is 0 Å². The van der Waals surface area contributed by atoms with Gasteiger partial charge in [0.2, 0.25) is 5.91 Å². The molecule has 7 heteroatoms. The molecule has 0 bridgehead atoms. The Morgan fingerprint density at radius 3 is 2.90 bits per heavy atom. The smallest absolute Gasteiger partial charge is 0.252 e. The van der Waals surface area contributed by atoms with Crippen LogP contribution >= 0.6 is 12.2 Å². The number of aromatic amines is 2. The van der Waals surface area contributed by atoms with E-state index in [0.29, 0.717) is 5.69 Å². The topological polar surface area (TPSA) is 96.7 Å². The molecule has 0 aliphatic heterocycles. The number of nitrogens with two attached hydrogens (primary N) is 1. The summed E-state index contributed by atoms with van der Waals surface area (Å²) in [6.07, 6.45) is 1.81. The van der Waals surface area contributed by atoms with E-state index in [4.69, 9.17) is 18.0 Å². The fourth-order valence-corrected chi connectivity index (χ4v) is 2.63. The van der Waals surface area contributed by atoms with E-state index in [0.717, 1.165) is 16.5 Å². The molecule has 1 aromatic carbocycles. The predicted octanol–water partition coefficient (Wildman–Crippen LogP) is 1.54. The van der Waals surface area contributed by atoms with Gasteiger partial charge in [0.25, 0.3) is 5.56 Å². The number of primary amides is 1. The summed E-state index contributed by atoms with van der Waals surface area (Å²) in [5.74, 6) is -0.527. The lowest BCUT2D eigenvalue weighted by Gasteiger charge is -2.12. The van der Waals surface area contributed by atoms with Gasteiger partial charge in [0.05, 0.1) is 5.69 Å². The molecule has 0 aliphatic rings. The molecule has 0 spiro atoms. The molecule has 4 N–H and O–H groups in total. The van der Waals surface area contributed by atoms with E-state index >= 15 is 0 Å². The summed E-state index contributed by atoms with van der Waals surface area (Å²) in [6, 6.07) is 8.99. The predicted molar refractivity (Wildman–Crippen MR) is 82.4 cm³/mol. The van der Waals surface area contributed by atoms with Gasteiger partial charge in [-0.05, 0) is 24.4 Å². The summed E-state index contributed by atoms with van der Waals surface area (Å²) in [6.45, 7) is -0.0915. The van der Waals surface area contributed by atoms with E-state index in [9.17, 15) is 9.59 Å². The van der Waals surface area contributed by atoms with Gasteiger partial charge in [0.15, 0.2) is 4.77 Å². The maximum atomic E-state index is 11.7. The van der Waals surface area contributed by atoms with Crippen LogP contribution < -0.4 is 11.3 Å². The first-order valence-corrected chi connectivity index (χ1v) is 6.66. The maximum Gasteiger partial charge on any atom is 0.252 e. The average Bonchev–Trinajstić information content (AvgIpc) is 2.89. The minimum absolute atomic E-state index is 0.0915. The van der Waals surface area contributed by atoms with Crippen LogP contribution in [0.15, 0.2) is 41.3 Å². The number of fused-ring (bicyclic) bond motifs is 1. The first kappa shape index (κ1) is 13.3. The molecule has 0 fully saturated rings. The minimum atomic E-state index is -0.527. The third-order valence-corrected chi connectivity index (χ3v) is 3.54. The summed E-state index contributed by atoms with van der Waals surface area (Å²) < 4.78 is 1.70. The third kappa shape index (κ3) is 2.38. The van der Waals surface area contributed by atoms with Gasteiger partial charge in [-0.25, -0.2) is 0 Å². The number of aromatic nitrogens is 3. The zero-order valence-corrected chi connectivity index (χ0v) is 11.7. The van der Waals surface area contributed by atoms with E-state index in [1.807, 2.05) is 30.5 Å². The SMILES string of the molecule is NC(=O)Cn1c(-c2cccc3[nH]ccc23)cc(=O)[nH]c1=S. The Labute approximate surface area is 124 Å². The van der Waals surface area contributed by atoms with Crippen LogP contribution in [-0.2, 0) is 11.3 Å². The lowest BCUT2D eigenvalue weighted by molar-refractivity contribution is -0.118. The van der Waals surface area contributed by atoms with Gasteiger partial charge < -0.3 is 15.3 Å². The highest BCUT2D eigenvalue weighted by molar-refractivity contribution is 7.71. The van der Waals surface area contributed by atoms with E-state index in [-0.39, 0.29) is 16.9 Å².